The zero-order valence-electron chi connectivity index (χ0n) is 10.9. The summed E-state index contributed by atoms with van der Waals surface area (Å²) in [5.41, 5.74) is 2.49. The molecule has 0 saturated carbocycles. The molecule has 3 rings (SSSR count). The standard InChI is InChI=1S/C13H8ClN5OS2/c14-9-5-8(18-12(20)10-6-15-3-4-16-10)1-2-11(9)22-13-19-17-7-21-13/h1-7H,(H,18,20). The van der Waals surface area contributed by atoms with E-state index in [9.17, 15) is 4.79 Å². The van der Waals surface area contributed by atoms with Gasteiger partial charge in [0, 0.05) is 23.0 Å². The lowest BCUT2D eigenvalue weighted by Gasteiger charge is -2.07. The number of carbonyl (C=O) groups is 1. The summed E-state index contributed by atoms with van der Waals surface area (Å²) in [5, 5.41) is 11.0. The molecule has 0 unspecified atom stereocenters. The van der Waals surface area contributed by atoms with Crippen molar-refractivity contribution in [2.24, 2.45) is 0 Å². The van der Waals surface area contributed by atoms with E-state index in [1.807, 2.05) is 6.07 Å². The van der Waals surface area contributed by atoms with Crippen molar-refractivity contribution in [3.63, 3.8) is 0 Å². The molecule has 22 heavy (non-hydrogen) atoms. The molecule has 9 heteroatoms. The van der Waals surface area contributed by atoms with Crippen LogP contribution in [0.25, 0.3) is 0 Å². The van der Waals surface area contributed by atoms with Crippen molar-refractivity contribution in [3.05, 3.63) is 53.0 Å². The smallest absolute Gasteiger partial charge is 0.275 e. The molecule has 1 aromatic carbocycles. The highest BCUT2D eigenvalue weighted by Gasteiger charge is 2.10. The summed E-state index contributed by atoms with van der Waals surface area (Å²) in [6.45, 7) is 0. The Morgan fingerprint density at radius 2 is 2.23 bits per heavy atom. The molecule has 2 aromatic heterocycles. The van der Waals surface area contributed by atoms with Gasteiger partial charge in [0.1, 0.15) is 11.2 Å². The third-order valence-electron chi connectivity index (χ3n) is 2.52. The third-order valence-corrected chi connectivity index (χ3v) is 4.80. The minimum Gasteiger partial charge on any atom is -0.321 e. The quantitative estimate of drug-likeness (QED) is 0.777. The van der Waals surface area contributed by atoms with Crippen molar-refractivity contribution in [2.45, 2.75) is 9.24 Å². The van der Waals surface area contributed by atoms with Gasteiger partial charge in [-0.2, -0.15) is 0 Å². The number of carbonyl (C=O) groups excluding carboxylic acids is 1. The largest absolute Gasteiger partial charge is 0.321 e. The van der Waals surface area contributed by atoms with Crippen molar-refractivity contribution in [1.82, 2.24) is 20.2 Å². The SMILES string of the molecule is O=C(Nc1ccc(Sc2nncs2)c(Cl)c1)c1cnccn1. The minimum atomic E-state index is -0.339. The Labute approximate surface area is 139 Å². The molecule has 0 spiro atoms. The summed E-state index contributed by atoms with van der Waals surface area (Å²) in [6.07, 6.45) is 4.37. The molecule has 3 aromatic rings. The van der Waals surface area contributed by atoms with E-state index in [4.69, 9.17) is 11.6 Å². The average Bonchev–Trinajstić information content (AvgIpc) is 3.04. The van der Waals surface area contributed by atoms with Gasteiger partial charge in [-0.1, -0.05) is 34.7 Å². The number of nitrogens with zero attached hydrogens (tertiary/aromatic N) is 4. The lowest BCUT2D eigenvalue weighted by atomic mass is 10.3. The second kappa shape index (κ2) is 6.82. The molecule has 0 saturated heterocycles. The van der Waals surface area contributed by atoms with Gasteiger partial charge in [0.25, 0.3) is 5.91 Å². The molecule has 0 aliphatic rings. The summed E-state index contributed by atoms with van der Waals surface area (Å²) in [6, 6.07) is 5.27. The fraction of sp³-hybridized carbons (Fsp3) is 0. The first-order valence-electron chi connectivity index (χ1n) is 6.03. The van der Waals surface area contributed by atoms with Crippen LogP contribution < -0.4 is 5.32 Å². The first-order chi connectivity index (χ1) is 10.7. The number of aromatic nitrogens is 4. The Bertz CT molecular complexity index is 782. The maximum atomic E-state index is 12.0. The van der Waals surface area contributed by atoms with Gasteiger partial charge in [0.05, 0.1) is 11.2 Å². The highest BCUT2D eigenvalue weighted by molar-refractivity contribution is 8.01. The number of hydrogen-bond acceptors (Lipinski definition) is 7. The van der Waals surface area contributed by atoms with Crippen LogP contribution in [0, 0.1) is 0 Å². The highest BCUT2D eigenvalue weighted by atomic mass is 35.5. The van der Waals surface area contributed by atoms with Crippen molar-refractivity contribution < 1.29 is 4.79 Å². The van der Waals surface area contributed by atoms with Crippen LogP contribution in [0.15, 0.2) is 51.5 Å². The van der Waals surface area contributed by atoms with Gasteiger partial charge >= 0.3 is 0 Å². The normalized spacial score (nSPS) is 10.4. The molecule has 1 N–H and O–H groups in total. The first-order valence-corrected chi connectivity index (χ1v) is 8.11. The molecule has 0 aliphatic heterocycles. The predicted molar refractivity (Wildman–Crippen MR) is 85.5 cm³/mol. The Balaban J connectivity index is 1.73. The monoisotopic (exact) mass is 349 g/mol. The van der Waals surface area contributed by atoms with Crippen LogP contribution in [0.5, 0.6) is 0 Å². The van der Waals surface area contributed by atoms with Gasteiger partial charge in [-0.05, 0) is 18.2 Å². The van der Waals surface area contributed by atoms with Crippen LogP contribution in [0.2, 0.25) is 5.02 Å². The van der Waals surface area contributed by atoms with E-state index in [1.165, 1.54) is 41.7 Å². The Hall–Kier alpha value is -2.03. The topological polar surface area (TPSA) is 80.7 Å². The summed E-state index contributed by atoms with van der Waals surface area (Å²) < 4.78 is 0.804. The zero-order valence-corrected chi connectivity index (χ0v) is 13.3. The zero-order chi connectivity index (χ0) is 15.4. The molecule has 1 amide bonds. The molecular weight excluding hydrogens is 342 g/mol. The van der Waals surface area contributed by atoms with Crippen LogP contribution in [-0.2, 0) is 0 Å². The van der Waals surface area contributed by atoms with E-state index < -0.39 is 0 Å². The molecule has 110 valence electrons. The third kappa shape index (κ3) is 3.59. The highest BCUT2D eigenvalue weighted by Crippen LogP contribution is 2.35. The average molecular weight is 350 g/mol. The van der Waals surface area contributed by atoms with Crippen LogP contribution in [0.4, 0.5) is 5.69 Å². The number of amides is 1. The van der Waals surface area contributed by atoms with E-state index >= 15 is 0 Å². The lowest BCUT2D eigenvalue weighted by molar-refractivity contribution is 0.102. The van der Waals surface area contributed by atoms with Gasteiger partial charge in [-0.3, -0.25) is 9.78 Å². The van der Waals surface area contributed by atoms with Gasteiger partial charge in [0.15, 0.2) is 4.34 Å². The number of rotatable bonds is 4. The molecule has 6 nitrogen and oxygen atoms in total. The summed E-state index contributed by atoms with van der Waals surface area (Å²) in [4.78, 5) is 20.6. The van der Waals surface area contributed by atoms with Crippen LogP contribution in [0.1, 0.15) is 10.5 Å². The minimum absolute atomic E-state index is 0.242. The second-order valence-electron chi connectivity index (χ2n) is 4.00. The van der Waals surface area contributed by atoms with Crippen molar-refractivity contribution in [1.29, 1.82) is 0 Å². The van der Waals surface area contributed by atoms with E-state index in [-0.39, 0.29) is 11.6 Å². The van der Waals surface area contributed by atoms with E-state index in [0.717, 1.165) is 9.24 Å². The van der Waals surface area contributed by atoms with Gasteiger partial charge < -0.3 is 5.32 Å². The van der Waals surface area contributed by atoms with E-state index in [0.29, 0.717) is 10.7 Å². The van der Waals surface area contributed by atoms with Crippen molar-refractivity contribution in [3.8, 4) is 0 Å². The first kappa shape index (κ1) is 14.9. The molecule has 0 radical (unpaired) electrons. The van der Waals surface area contributed by atoms with E-state index in [1.54, 1.807) is 17.6 Å². The molecule has 0 atom stereocenters. The maximum Gasteiger partial charge on any atom is 0.275 e. The van der Waals surface area contributed by atoms with E-state index in [2.05, 4.69) is 25.5 Å². The van der Waals surface area contributed by atoms with Crippen molar-refractivity contribution in [2.75, 3.05) is 5.32 Å². The van der Waals surface area contributed by atoms with Crippen LogP contribution in [-0.4, -0.2) is 26.1 Å². The number of anilines is 1. The Kier molecular flexibility index (Phi) is 4.62. The van der Waals surface area contributed by atoms with Gasteiger partial charge in [0.2, 0.25) is 0 Å². The number of nitrogens with one attached hydrogen (secondary N) is 1. The number of benzene rings is 1. The molecule has 0 bridgehead atoms. The summed E-state index contributed by atoms with van der Waals surface area (Å²) in [5.74, 6) is -0.339. The van der Waals surface area contributed by atoms with Gasteiger partial charge in [-0.15, -0.1) is 10.2 Å². The van der Waals surface area contributed by atoms with Crippen LogP contribution in [0.3, 0.4) is 0 Å². The number of hydrogen-bond donors (Lipinski definition) is 1. The van der Waals surface area contributed by atoms with Crippen LogP contribution >= 0.6 is 34.7 Å². The molecule has 2 heterocycles. The lowest BCUT2D eigenvalue weighted by Crippen LogP contribution is -2.13. The predicted octanol–water partition coefficient (Wildman–Crippen LogP) is 3.39. The Morgan fingerprint density at radius 3 is 2.91 bits per heavy atom. The fourth-order valence-corrected chi connectivity index (χ4v) is 3.31. The molecular formula is C13H8ClN5OS2. The van der Waals surface area contributed by atoms with Crippen molar-refractivity contribution >= 4 is 46.3 Å². The maximum absolute atomic E-state index is 12.0. The second-order valence-corrected chi connectivity index (χ2v) is 6.53. The number of halogens is 1. The Morgan fingerprint density at radius 1 is 1.32 bits per heavy atom. The summed E-state index contributed by atoms with van der Waals surface area (Å²) in [7, 11) is 0. The molecule has 0 aliphatic carbocycles. The fourth-order valence-electron chi connectivity index (χ4n) is 1.57. The van der Waals surface area contributed by atoms with Gasteiger partial charge in [-0.25, -0.2) is 4.98 Å². The molecule has 0 fully saturated rings. The summed E-state index contributed by atoms with van der Waals surface area (Å²) >= 11 is 9.09.